The molecular weight excluding hydrogens is 350 g/mol. The molecule has 25 heavy (non-hydrogen) atoms. The number of thioether (sulfide) groups is 1. The van der Waals surface area contributed by atoms with E-state index in [1.807, 2.05) is 0 Å². The fraction of sp³-hybridized carbons (Fsp3) is 0.267. The van der Waals surface area contributed by atoms with Crippen molar-refractivity contribution in [1.29, 1.82) is 0 Å². The van der Waals surface area contributed by atoms with E-state index in [0.717, 1.165) is 11.8 Å². The second kappa shape index (κ2) is 8.29. The van der Waals surface area contributed by atoms with Crippen LogP contribution >= 0.6 is 11.8 Å². The maximum atomic E-state index is 12.1. The maximum absolute atomic E-state index is 12.1. The molecule has 1 aromatic heterocycles. The normalized spacial score (nSPS) is 10.2. The van der Waals surface area contributed by atoms with Gasteiger partial charge in [-0.05, 0) is 18.2 Å². The molecule has 0 aliphatic rings. The molecule has 0 saturated carbocycles. The molecule has 1 N–H and O–H groups in total. The van der Waals surface area contributed by atoms with Gasteiger partial charge < -0.3 is 19.2 Å². The average Bonchev–Trinajstić information content (AvgIpc) is 3.04. The van der Waals surface area contributed by atoms with Crippen LogP contribution in [0.25, 0.3) is 0 Å². The monoisotopic (exact) mass is 365 g/mol. The number of carbonyl (C=O) groups excluding carboxylic acids is 3. The maximum Gasteiger partial charge on any atom is 0.339 e. The van der Waals surface area contributed by atoms with Gasteiger partial charge in [-0.3, -0.25) is 4.79 Å². The van der Waals surface area contributed by atoms with E-state index < -0.39 is 17.8 Å². The molecule has 1 heterocycles. The second-order valence-corrected chi connectivity index (χ2v) is 5.59. The van der Waals surface area contributed by atoms with Crippen molar-refractivity contribution in [2.75, 3.05) is 25.3 Å². The zero-order chi connectivity index (χ0) is 18.4. The number of aryl methyl sites for hydroxylation is 1. The van der Waals surface area contributed by atoms with E-state index >= 15 is 0 Å². The van der Waals surface area contributed by atoms with E-state index in [0.29, 0.717) is 5.89 Å². The Hall–Kier alpha value is -2.88. The van der Waals surface area contributed by atoms with Gasteiger partial charge in [-0.2, -0.15) is 0 Å². The molecule has 1 aromatic carbocycles. The Bertz CT molecular complexity index is 804. The largest absolute Gasteiger partial charge is 0.465 e. The molecule has 2 aromatic rings. The van der Waals surface area contributed by atoms with Crippen LogP contribution in [-0.2, 0) is 14.3 Å². The Morgan fingerprint density at radius 3 is 2.48 bits per heavy atom. The number of nitrogens with one attached hydrogen (secondary N) is 1. The zero-order valence-electron chi connectivity index (χ0n) is 13.7. The lowest BCUT2D eigenvalue weighted by atomic mass is 10.1. The van der Waals surface area contributed by atoms with E-state index in [9.17, 15) is 14.4 Å². The summed E-state index contributed by atoms with van der Waals surface area (Å²) in [6.07, 6.45) is 0. The molecule has 0 atom stereocenters. The molecule has 0 bridgehead atoms. The SMILES string of the molecule is COC(=O)c1ccc(C(=O)OC)c(NC(=O)CSc2nnc(C)o2)c1. The highest BCUT2D eigenvalue weighted by Crippen LogP contribution is 2.21. The first-order valence-electron chi connectivity index (χ1n) is 6.98. The van der Waals surface area contributed by atoms with Crippen molar-refractivity contribution in [1.82, 2.24) is 10.2 Å². The number of esters is 2. The van der Waals surface area contributed by atoms with Crippen molar-refractivity contribution in [3.8, 4) is 0 Å². The first-order chi connectivity index (χ1) is 11.9. The van der Waals surface area contributed by atoms with Gasteiger partial charge in [-0.15, -0.1) is 10.2 Å². The van der Waals surface area contributed by atoms with Gasteiger partial charge in [-0.25, -0.2) is 9.59 Å². The van der Waals surface area contributed by atoms with Gasteiger partial charge in [-0.1, -0.05) is 11.8 Å². The Labute approximate surface area is 147 Å². The first kappa shape index (κ1) is 18.5. The van der Waals surface area contributed by atoms with Crippen molar-refractivity contribution < 1.29 is 28.3 Å². The van der Waals surface area contributed by atoms with Crippen LogP contribution in [0.15, 0.2) is 27.8 Å². The van der Waals surface area contributed by atoms with E-state index in [1.165, 1.54) is 32.4 Å². The quantitative estimate of drug-likeness (QED) is 0.602. The molecule has 0 unspecified atom stereocenters. The minimum atomic E-state index is -0.646. The van der Waals surface area contributed by atoms with Crippen molar-refractivity contribution in [2.45, 2.75) is 12.1 Å². The van der Waals surface area contributed by atoms with Gasteiger partial charge in [0.05, 0.1) is 36.8 Å². The standard InChI is InChI=1S/C15H15N3O6S/c1-8-17-18-15(24-8)25-7-12(19)16-11-6-9(13(20)22-2)4-5-10(11)14(21)23-3/h4-6H,7H2,1-3H3,(H,16,19). The number of rotatable bonds is 6. The number of hydrogen-bond acceptors (Lipinski definition) is 9. The number of benzene rings is 1. The summed E-state index contributed by atoms with van der Waals surface area (Å²) in [4.78, 5) is 35.6. The van der Waals surface area contributed by atoms with Crippen LogP contribution in [0.3, 0.4) is 0 Å². The number of nitrogens with zero attached hydrogens (tertiary/aromatic N) is 2. The molecule has 0 spiro atoms. The third-order valence-corrected chi connectivity index (χ3v) is 3.77. The Morgan fingerprint density at radius 2 is 1.88 bits per heavy atom. The summed E-state index contributed by atoms with van der Waals surface area (Å²) < 4.78 is 14.5. The molecule has 132 valence electrons. The van der Waals surface area contributed by atoms with E-state index in [2.05, 4.69) is 25.0 Å². The molecule has 0 radical (unpaired) electrons. The van der Waals surface area contributed by atoms with Crippen LogP contribution in [0.5, 0.6) is 0 Å². The zero-order valence-corrected chi connectivity index (χ0v) is 14.5. The summed E-state index contributed by atoms with van der Waals surface area (Å²) in [6.45, 7) is 1.64. The summed E-state index contributed by atoms with van der Waals surface area (Å²) in [5, 5.41) is 10.2. The average molecular weight is 365 g/mol. The topological polar surface area (TPSA) is 121 Å². The summed E-state index contributed by atoms with van der Waals surface area (Å²) in [5.41, 5.74) is 0.440. The molecule has 0 fully saturated rings. The predicted octanol–water partition coefficient (Wildman–Crippen LogP) is 1.68. The van der Waals surface area contributed by atoms with Crippen molar-refractivity contribution in [3.63, 3.8) is 0 Å². The summed E-state index contributed by atoms with van der Waals surface area (Å²) in [6, 6.07) is 4.13. The summed E-state index contributed by atoms with van der Waals surface area (Å²) in [7, 11) is 2.45. The predicted molar refractivity (Wildman–Crippen MR) is 87.5 cm³/mol. The van der Waals surface area contributed by atoms with Crippen molar-refractivity contribution in [3.05, 3.63) is 35.2 Å². The molecule has 2 rings (SSSR count). The Morgan fingerprint density at radius 1 is 1.16 bits per heavy atom. The number of hydrogen-bond donors (Lipinski definition) is 1. The van der Waals surface area contributed by atoms with Gasteiger partial charge in [0.15, 0.2) is 0 Å². The van der Waals surface area contributed by atoms with Crippen molar-refractivity contribution in [2.24, 2.45) is 0 Å². The number of carbonyl (C=O) groups is 3. The number of aromatic nitrogens is 2. The molecule has 9 nitrogen and oxygen atoms in total. The number of ether oxygens (including phenoxy) is 2. The van der Waals surface area contributed by atoms with Crippen LogP contribution in [0, 0.1) is 6.92 Å². The van der Waals surface area contributed by atoms with Crippen LogP contribution in [-0.4, -0.2) is 48.0 Å². The molecular formula is C15H15N3O6S. The second-order valence-electron chi connectivity index (χ2n) is 4.67. The molecule has 0 aliphatic carbocycles. The van der Waals surface area contributed by atoms with Gasteiger partial charge in [0.25, 0.3) is 5.22 Å². The van der Waals surface area contributed by atoms with Gasteiger partial charge >= 0.3 is 11.9 Å². The number of methoxy groups -OCH3 is 2. The highest BCUT2D eigenvalue weighted by molar-refractivity contribution is 7.99. The Kier molecular flexibility index (Phi) is 6.12. The number of anilines is 1. The van der Waals surface area contributed by atoms with E-state index in [4.69, 9.17) is 4.42 Å². The first-order valence-corrected chi connectivity index (χ1v) is 7.96. The van der Waals surface area contributed by atoms with Crippen LogP contribution in [0.1, 0.15) is 26.6 Å². The smallest absolute Gasteiger partial charge is 0.339 e. The fourth-order valence-corrected chi connectivity index (χ4v) is 2.44. The third-order valence-electron chi connectivity index (χ3n) is 2.95. The van der Waals surface area contributed by atoms with Crippen LogP contribution in [0.2, 0.25) is 0 Å². The lowest BCUT2D eigenvalue weighted by Gasteiger charge is -2.11. The highest BCUT2D eigenvalue weighted by Gasteiger charge is 2.18. The molecule has 1 amide bonds. The van der Waals surface area contributed by atoms with Crippen LogP contribution in [0.4, 0.5) is 5.69 Å². The fourth-order valence-electron chi connectivity index (χ4n) is 1.83. The van der Waals surface area contributed by atoms with Gasteiger partial charge in [0, 0.05) is 6.92 Å². The van der Waals surface area contributed by atoms with E-state index in [-0.39, 0.29) is 27.8 Å². The summed E-state index contributed by atoms with van der Waals surface area (Å²) >= 11 is 1.04. The molecule has 0 aliphatic heterocycles. The van der Waals surface area contributed by atoms with Crippen molar-refractivity contribution >= 4 is 35.3 Å². The minimum absolute atomic E-state index is 0.0231. The lowest BCUT2D eigenvalue weighted by molar-refractivity contribution is -0.113. The third kappa shape index (κ3) is 4.80. The number of amides is 1. The highest BCUT2D eigenvalue weighted by atomic mass is 32.2. The van der Waals surface area contributed by atoms with Gasteiger partial charge in [0.2, 0.25) is 11.8 Å². The molecule has 10 heteroatoms. The Balaban J connectivity index is 2.15. The molecule has 0 saturated heterocycles. The van der Waals surface area contributed by atoms with E-state index in [1.54, 1.807) is 6.92 Å². The lowest BCUT2D eigenvalue weighted by Crippen LogP contribution is -2.18. The minimum Gasteiger partial charge on any atom is -0.465 e. The summed E-state index contributed by atoms with van der Waals surface area (Å²) in [5.74, 6) is -1.30. The van der Waals surface area contributed by atoms with Gasteiger partial charge in [0.1, 0.15) is 0 Å². The van der Waals surface area contributed by atoms with Crippen LogP contribution < -0.4 is 5.32 Å².